The summed E-state index contributed by atoms with van der Waals surface area (Å²) in [5.41, 5.74) is 1.78. The standard InChI is InChI=1S/C16H15F3N2/c1-21(2)15-9-3-12(4-10-15)11-20-14-7-5-13(6-8-14)16(17,18)19/h3-11H,1-2H3. The molecule has 0 aliphatic carbocycles. The molecule has 2 nitrogen and oxygen atoms in total. The van der Waals surface area contributed by atoms with Gasteiger partial charge in [-0.2, -0.15) is 13.2 Å². The van der Waals surface area contributed by atoms with Crippen molar-refractivity contribution in [1.29, 1.82) is 0 Å². The molecule has 0 amide bonds. The Balaban J connectivity index is 2.10. The van der Waals surface area contributed by atoms with Gasteiger partial charge in [0.1, 0.15) is 0 Å². The Morgan fingerprint density at radius 3 is 1.95 bits per heavy atom. The second-order valence-corrected chi connectivity index (χ2v) is 4.79. The van der Waals surface area contributed by atoms with Crippen molar-refractivity contribution in [3.8, 4) is 0 Å². The monoisotopic (exact) mass is 292 g/mol. The van der Waals surface area contributed by atoms with Crippen molar-refractivity contribution in [1.82, 2.24) is 0 Å². The molecule has 0 aliphatic heterocycles. The highest BCUT2D eigenvalue weighted by molar-refractivity contribution is 5.82. The number of nitrogens with zero attached hydrogens (tertiary/aromatic N) is 2. The Hall–Kier alpha value is -2.30. The van der Waals surface area contributed by atoms with Gasteiger partial charge in [-0.25, -0.2) is 0 Å². The maximum atomic E-state index is 12.4. The third-order valence-electron chi connectivity index (χ3n) is 2.97. The van der Waals surface area contributed by atoms with Gasteiger partial charge in [0.2, 0.25) is 0 Å². The zero-order valence-electron chi connectivity index (χ0n) is 11.7. The molecule has 0 saturated carbocycles. The van der Waals surface area contributed by atoms with E-state index in [0.29, 0.717) is 5.69 Å². The molecule has 2 aromatic carbocycles. The molecule has 0 saturated heterocycles. The molecule has 2 aromatic rings. The van der Waals surface area contributed by atoms with E-state index in [0.717, 1.165) is 23.4 Å². The van der Waals surface area contributed by atoms with Crippen LogP contribution in [0.4, 0.5) is 24.5 Å². The molecule has 0 spiro atoms. The smallest absolute Gasteiger partial charge is 0.378 e. The van der Waals surface area contributed by atoms with Crippen LogP contribution in [0.15, 0.2) is 53.5 Å². The maximum Gasteiger partial charge on any atom is 0.416 e. The van der Waals surface area contributed by atoms with E-state index in [2.05, 4.69) is 4.99 Å². The largest absolute Gasteiger partial charge is 0.416 e. The molecule has 0 unspecified atom stereocenters. The van der Waals surface area contributed by atoms with E-state index < -0.39 is 11.7 Å². The maximum absolute atomic E-state index is 12.4. The van der Waals surface area contributed by atoms with Crippen molar-refractivity contribution in [2.75, 3.05) is 19.0 Å². The van der Waals surface area contributed by atoms with Crippen LogP contribution in [0.2, 0.25) is 0 Å². The van der Waals surface area contributed by atoms with Crippen LogP contribution < -0.4 is 4.90 Å². The first kappa shape index (κ1) is 15.1. The van der Waals surface area contributed by atoms with Crippen molar-refractivity contribution < 1.29 is 13.2 Å². The quantitative estimate of drug-likeness (QED) is 0.759. The first-order valence-electron chi connectivity index (χ1n) is 6.35. The van der Waals surface area contributed by atoms with E-state index in [-0.39, 0.29) is 0 Å². The van der Waals surface area contributed by atoms with Crippen LogP contribution in [0.1, 0.15) is 11.1 Å². The topological polar surface area (TPSA) is 15.6 Å². The number of hydrogen-bond donors (Lipinski definition) is 0. The average Bonchev–Trinajstić information content (AvgIpc) is 2.45. The molecule has 110 valence electrons. The zero-order valence-corrected chi connectivity index (χ0v) is 11.7. The van der Waals surface area contributed by atoms with E-state index in [1.165, 1.54) is 12.1 Å². The molecular formula is C16H15F3N2. The molecule has 5 heteroatoms. The molecule has 0 bridgehead atoms. The summed E-state index contributed by atoms with van der Waals surface area (Å²) in [6.45, 7) is 0. The normalized spacial score (nSPS) is 11.9. The summed E-state index contributed by atoms with van der Waals surface area (Å²) in [6.07, 6.45) is -2.69. The summed E-state index contributed by atoms with van der Waals surface area (Å²) in [5.74, 6) is 0. The van der Waals surface area contributed by atoms with Gasteiger partial charge in [-0.05, 0) is 42.0 Å². The van der Waals surface area contributed by atoms with Crippen LogP contribution in [-0.4, -0.2) is 20.3 Å². The number of aliphatic imine (C=N–C) groups is 1. The fraction of sp³-hybridized carbons (Fsp3) is 0.188. The van der Waals surface area contributed by atoms with Crippen LogP contribution >= 0.6 is 0 Å². The minimum Gasteiger partial charge on any atom is -0.378 e. The second kappa shape index (κ2) is 5.99. The zero-order chi connectivity index (χ0) is 15.5. The second-order valence-electron chi connectivity index (χ2n) is 4.79. The molecule has 0 N–H and O–H groups in total. The van der Waals surface area contributed by atoms with Crippen LogP contribution in [-0.2, 0) is 6.18 Å². The first-order chi connectivity index (χ1) is 9.86. The Bertz CT molecular complexity index is 611. The highest BCUT2D eigenvalue weighted by atomic mass is 19.4. The predicted octanol–water partition coefficient (Wildman–Crippen LogP) is 4.52. The molecular weight excluding hydrogens is 277 g/mol. The summed E-state index contributed by atoms with van der Waals surface area (Å²) < 4.78 is 37.3. The fourth-order valence-electron chi connectivity index (χ4n) is 1.74. The van der Waals surface area contributed by atoms with E-state index in [9.17, 15) is 13.2 Å². The van der Waals surface area contributed by atoms with Crippen molar-refractivity contribution in [3.63, 3.8) is 0 Å². The van der Waals surface area contributed by atoms with Crippen LogP contribution in [0.5, 0.6) is 0 Å². The van der Waals surface area contributed by atoms with E-state index in [1.807, 2.05) is 43.3 Å². The molecule has 21 heavy (non-hydrogen) atoms. The van der Waals surface area contributed by atoms with Crippen LogP contribution in [0.3, 0.4) is 0 Å². The highest BCUT2D eigenvalue weighted by Gasteiger charge is 2.29. The van der Waals surface area contributed by atoms with Gasteiger partial charge in [0.15, 0.2) is 0 Å². The van der Waals surface area contributed by atoms with Gasteiger partial charge in [-0.1, -0.05) is 12.1 Å². The van der Waals surface area contributed by atoms with Gasteiger partial charge < -0.3 is 4.90 Å². The Labute approximate surface area is 121 Å². The summed E-state index contributed by atoms with van der Waals surface area (Å²) >= 11 is 0. The highest BCUT2D eigenvalue weighted by Crippen LogP contribution is 2.30. The Morgan fingerprint density at radius 2 is 1.48 bits per heavy atom. The summed E-state index contributed by atoms with van der Waals surface area (Å²) in [5, 5.41) is 0. The number of alkyl halides is 3. The number of benzene rings is 2. The minimum absolute atomic E-state index is 0.486. The van der Waals surface area contributed by atoms with Crippen molar-refractivity contribution in [3.05, 3.63) is 59.7 Å². The van der Waals surface area contributed by atoms with Crippen molar-refractivity contribution in [2.24, 2.45) is 4.99 Å². The van der Waals surface area contributed by atoms with Gasteiger partial charge >= 0.3 is 6.18 Å². The summed E-state index contributed by atoms with van der Waals surface area (Å²) in [6, 6.07) is 12.5. The van der Waals surface area contributed by atoms with Crippen LogP contribution in [0, 0.1) is 0 Å². The lowest BCUT2D eigenvalue weighted by Crippen LogP contribution is -2.08. The number of anilines is 1. The van der Waals surface area contributed by atoms with Crippen LogP contribution in [0.25, 0.3) is 0 Å². The lowest BCUT2D eigenvalue weighted by molar-refractivity contribution is -0.137. The summed E-state index contributed by atoms with van der Waals surface area (Å²) in [4.78, 5) is 6.15. The fourth-order valence-corrected chi connectivity index (χ4v) is 1.74. The minimum atomic E-state index is -4.32. The molecule has 0 atom stereocenters. The van der Waals surface area contributed by atoms with E-state index in [4.69, 9.17) is 0 Å². The molecule has 0 aromatic heterocycles. The lowest BCUT2D eigenvalue weighted by Gasteiger charge is -2.11. The molecule has 0 heterocycles. The molecule has 0 radical (unpaired) electrons. The van der Waals surface area contributed by atoms with Gasteiger partial charge in [0, 0.05) is 26.0 Å². The Kier molecular flexibility index (Phi) is 4.31. The molecule has 0 fully saturated rings. The SMILES string of the molecule is CN(C)c1ccc(C=Nc2ccc(C(F)(F)F)cc2)cc1. The van der Waals surface area contributed by atoms with E-state index >= 15 is 0 Å². The number of halogens is 3. The van der Waals surface area contributed by atoms with Gasteiger partial charge in [0.25, 0.3) is 0 Å². The van der Waals surface area contributed by atoms with Crippen molar-refractivity contribution >= 4 is 17.6 Å². The van der Waals surface area contributed by atoms with Gasteiger partial charge in [-0.15, -0.1) is 0 Å². The Morgan fingerprint density at radius 1 is 0.905 bits per heavy atom. The summed E-state index contributed by atoms with van der Waals surface area (Å²) in [7, 11) is 3.90. The molecule has 2 rings (SSSR count). The number of rotatable bonds is 3. The van der Waals surface area contributed by atoms with E-state index in [1.54, 1.807) is 6.21 Å². The average molecular weight is 292 g/mol. The lowest BCUT2D eigenvalue weighted by atomic mass is 10.2. The van der Waals surface area contributed by atoms with Gasteiger partial charge in [-0.3, -0.25) is 4.99 Å². The third-order valence-corrected chi connectivity index (χ3v) is 2.97. The third kappa shape index (κ3) is 4.08. The predicted molar refractivity (Wildman–Crippen MR) is 79.5 cm³/mol. The van der Waals surface area contributed by atoms with Gasteiger partial charge in [0.05, 0.1) is 11.3 Å². The van der Waals surface area contributed by atoms with Crippen molar-refractivity contribution in [2.45, 2.75) is 6.18 Å². The molecule has 0 aliphatic rings. The first-order valence-corrected chi connectivity index (χ1v) is 6.35. The number of hydrogen-bond acceptors (Lipinski definition) is 2.